The quantitative estimate of drug-likeness (QED) is 0.770. The van der Waals surface area contributed by atoms with E-state index in [1.54, 1.807) is 7.11 Å². The minimum Gasteiger partial charge on any atom is -0.496 e. The topological polar surface area (TPSA) is 32.7 Å². The van der Waals surface area contributed by atoms with Crippen LogP contribution in [0.3, 0.4) is 0 Å². The van der Waals surface area contributed by atoms with E-state index >= 15 is 0 Å². The second-order valence-corrected chi connectivity index (χ2v) is 4.99. The molecule has 3 heteroatoms. The molecule has 1 aromatic rings. The molecule has 3 nitrogen and oxygen atoms in total. The molecule has 0 saturated heterocycles. The Morgan fingerprint density at radius 1 is 1.22 bits per heavy atom. The van der Waals surface area contributed by atoms with Gasteiger partial charge in [0.25, 0.3) is 0 Å². The number of hydrogen-bond acceptors (Lipinski definition) is 3. The first-order valence-electron chi connectivity index (χ1n) is 6.62. The van der Waals surface area contributed by atoms with Crippen LogP contribution in [0.25, 0.3) is 0 Å². The predicted octanol–water partition coefficient (Wildman–Crippen LogP) is 2.54. The molecule has 1 rings (SSSR count). The van der Waals surface area contributed by atoms with E-state index in [1.165, 1.54) is 5.56 Å². The van der Waals surface area contributed by atoms with Crippen LogP contribution in [0, 0.1) is 5.92 Å². The van der Waals surface area contributed by atoms with Gasteiger partial charge in [0.2, 0.25) is 0 Å². The fourth-order valence-electron chi connectivity index (χ4n) is 1.93. The van der Waals surface area contributed by atoms with E-state index in [1.807, 2.05) is 18.2 Å². The lowest BCUT2D eigenvalue weighted by molar-refractivity contribution is 0.182. The van der Waals surface area contributed by atoms with Crippen LogP contribution in [-0.4, -0.2) is 36.8 Å². The van der Waals surface area contributed by atoms with Gasteiger partial charge < -0.3 is 9.84 Å². The van der Waals surface area contributed by atoms with Gasteiger partial charge in [-0.15, -0.1) is 0 Å². The van der Waals surface area contributed by atoms with E-state index in [0.717, 1.165) is 25.3 Å². The normalized spacial score (nSPS) is 11.2. The van der Waals surface area contributed by atoms with E-state index in [9.17, 15) is 0 Å². The van der Waals surface area contributed by atoms with Gasteiger partial charge in [0.1, 0.15) is 5.75 Å². The number of aliphatic hydroxyl groups excluding tert-OH is 1. The molecule has 0 aliphatic rings. The molecule has 0 fully saturated rings. The summed E-state index contributed by atoms with van der Waals surface area (Å²) < 4.78 is 5.36. The third kappa shape index (κ3) is 5.07. The predicted molar refractivity (Wildman–Crippen MR) is 74.8 cm³/mol. The lowest BCUT2D eigenvalue weighted by Gasteiger charge is -2.23. The molecule has 0 atom stereocenters. The zero-order chi connectivity index (χ0) is 13.4. The molecule has 0 amide bonds. The number of para-hydroxylation sites is 1. The van der Waals surface area contributed by atoms with Gasteiger partial charge in [-0.25, -0.2) is 0 Å². The Bertz CT molecular complexity index is 339. The molecule has 18 heavy (non-hydrogen) atoms. The second-order valence-electron chi connectivity index (χ2n) is 4.99. The largest absolute Gasteiger partial charge is 0.496 e. The minimum atomic E-state index is 0.202. The Hall–Kier alpha value is -1.06. The van der Waals surface area contributed by atoms with Crippen LogP contribution >= 0.6 is 0 Å². The highest BCUT2D eigenvalue weighted by atomic mass is 16.5. The first-order valence-corrected chi connectivity index (χ1v) is 6.62. The van der Waals surface area contributed by atoms with Gasteiger partial charge >= 0.3 is 0 Å². The number of methoxy groups -OCH3 is 1. The van der Waals surface area contributed by atoms with Crippen molar-refractivity contribution in [1.82, 2.24) is 4.90 Å². The molecular formula is C15H25NO2. The summed E-state index contributed by atoms with van der Waals surface area (Å²) >= 11 is 0. The van der Waals surface area contributed by atoms with Crippen molar-refractivity contribution in [2.75, 3.05) is 26.8 Å². The maximum Gasteiger partial charge on any atom is 0.123 e. The standard InChI is InChI=1S/C15H25NO2/c1-13(2)8-9-16(10-11-17)12-14-6-4-5-7-15(14)18-3/h4-7,13,17H,8-12H2,1-3H3. The fraction of sp³-hybridized carbons (Fsp3) is 0.600. The summed E-state index contributed by atoms with van der Waals surface area (Å²) in [7, 11) is 1.70. The van der Waals surface area contributed by atoms with E-state index in [-0.39, 0.29) is 6.61 Å². The number of hydrogen-bond donors (Lipinski definition) is 1. The van der Waals surface area contributed by atoms with Crippen molar-refractivity contribution in [1.29, 1.82) is 0 Å². The van der Waals surface area contributed by atoms with Gasteiger partial charge in [-0.05, 0) is 24.9 Å². The van der Waals surface area contributed by atoms with E-state index in [2.05, 4.69) is 24.8 Å². The number of benzene rings is 1. The fourth-order valence-corrected chi connectivity index (χ4v) is 1.93. The molecule has 0 unspecified atom stereocenters. The van der Waals surface area contributed by atoms with E-state index in [0.29, 0.717) is 12.5 Å². The van der Waals surface area contributed by atoms with Gasteiger partial charge in [0, 0.05) is 18.7 Å². The number of aliphatic hydroxyl groups is 1. The van der Waals surface area contributed by atoms with Crippen molar-refractivity contribution < 1.29 is 9.84 Å². The maximum atomic E-state index is 9.13. The summed E-state index contributed by atoms with van der Waals surface area (Å²) in [6.07, 6.45) is 1.15. The van der Waals surface area contributed by atoms with Crippen molar-refractivity contribution in [3.8, 4) is 5.75 Å². The molecule has 0 aromatic heterocycles. The Morgan fingerprint density at radius 2 is 1.94 bits per heavy atom. The van der Waals surface area contributed by atoms with Crippen molar-refractivity contribution in [3.63, 3.8) is 0 Å². The summed E-state index contributed by atoms with van der Waals surface area (Å²) in [5, 5.41) is 9.13. The molecule has 1 N–H and O–H groups in total. The highest BCUT2D eigenvalue weighted by Crippen LogP contribution is 2.19. The van der Waals surface area contributed by atoms with Crippen molar-refractivity contribution in [2.45, 2.75) is 26.8 Å². The minimum absolute atomic E-state index is 0.202. The van der Waals surface area contributed by atoms with Gasteiger partial charge in [-0.1, -0.05) is 32.0 Å². The SMILES string of the molecule is COc1ccccc1CN(CCO)CCC(C)C. The van der Waals surface area contributed by atoms with Gasteiger partial charge in [0.15, 0.2) is 0 Å². The van der Waals surface area contributed by atoms with Crippen molar-refractivity contribution in [2.24, 2.45) is 5.92 Å². The molecule has 0 aliphatic carbocycles. The number of ether oxygens (including phenoxy) is 1. The van der Waals surface area contributed by atoms with Crippen LogP contribution in [0.15, 0.2) is 24.3 Å². The monoisotopic (exact) mass is 251 g/mol. The highest BCUT2D eigenvalue weighted by Gasteiger charge is 2.09. The zero-order valence-electron chi connectivity index (χ0n) is 11.7. The Balaban J connectivity index is 2.63. The van der Waals surface area contributed by atoms with Crippen LogP contribution in [-0.2, 0) is 6.54 Å². The lowest BCUT2D eigenvalue weighted by Crippen LogP contribution is -2.28. The zero-order valence-corrected chi connectivity index (χ0v) is 11.7. The Labute approximate surface area is 110 Å². The van der Waals surface area contributed by atoms with Crippen LogP contribution in [0.1, 0.15) is 25.8 Å². The Kier molecular flexibility index (Phi) is 6.76. The average molecular weight is 251 g/mol. The number of nitrogens with zero attached hydrogens (tertiary/aromatic N) is 1. The van der Waals surface area contributed by atoms with Crippen LogP contribution in [0.2, 0.25) is 0 Å². The van der Waals surface area contributed by atoms with Crippen molar-refractivity contribution >= 4 is 0 Å². The molecule has 0 heterocycles. The van der Waals surface area contributed by atoms with Crippen LogP contribution < -0.4 is 4.74 Å². The molecule has 0 aliphatic heterocycles. The summed E-state index contributed by atoms with van der Waals surface area (Å²) in [5.74, 6) is 1.61. The molecule has 0 spiro atoms. The second kappa shape index (κ2) is 8.11. The highest BCUT2D eigenvalue weighted by molar-refractivity contribution is 5.33. The average Bonchev–Trinajstić information content (AvgIpc) is 2.37. The maximum absolute atomic E-state index is 9.13. The van der Waals surface area contributed by atoms with Crippen LogP contribution in [0.5, 0.6) is 5.75 Å². The number of rotatable bonds is 8. The molecular weight excluding hydrogens is 226 g/mol. The van der Waals surface area contributed by atoms with Crippen molar-refractivity contribution in [3.05, 3.63) is 29.8 Å². The smallest absolute Gasteiger partial charge is 0.123 e. The molecule has 0 bridgehead atoms. The molecule has 102 valence electrons. The van der Waals surface area contributed by atoms with Crippen LogP contribution in [0.4, 0.5) is 0 Å². The van der Waals surface area contributed by atoms with E-state index in [4.69, 9.17) is 9.84 Å². The lowest BCUT2D eigenvalue weighted by atomic mass is 10.1. The third-order valence-corrected chi connectivity index (χ3v) is 3.03. The summed E-state index contributed by atoms with van der Waals surface area (Å²) in [6, 6.07) is 8.07. The summed E-state index contributed by atoms with van der Waals surface area (Å²) in [6.45, 7) is 7.20. The van der Waals surface area contributed by atoms with Gasteiger partial charge in [-0.2, -0.15) is 0 Å². The molecule has 1 aromatic carbocycles. The first kappa shape index (κ1) is 15.0. The van der Waals surface area contributed by atoms with Gasteiger partial charge in [0.05, 0.1) is 13.7 Å². The molecule has 0 radical (unpaired) electrons. The summed E-state index contributed by atoms with van der Waals surface area (Å²) in [4.78, 5) is 2.28. The molecule has 0 saturated carbocycles. The third-order valence-electron chi connectivity index (χ3n) is 3.03. The van der Waals surface area contributed by atoms with Gasteiger partial charge in [-0.3, -0.25) is 4.90 Å². The van der Waals surface area contributed by atoms with E-state index < -0.39 is 0 Å². The summed E-state index contributed by atoms with van der Waals surface area (Å²) in [5.41, 5.74) is 1.18. The first-order chi connectivity index (χ1) is 8.67. The Morgan fingerprint density at radius 3 is 2.56 bits per heavy atom.